The minimum absolute atomic E-state index is 0.0249. The summed E-state index contributed by atoms with van der Waals surface area (Å²) in [5, 5.41) is 2.27. The molecular weight excluding hydrogens is 318 g/mol. The first-order chi connectivity index (χ1) is 12.4. The fraction of sp³-hybridized carbons (Fsp3) is 0.208. The van der Waals surface area contributed by atoms with E-state index in [0.717, 1.165) is 32.9 Å². The summed E-state index contributed by atoms with van der Waals surface area (Å²) in [7, 11) is 0. The molecule has 26 heavy (non-hydrogen) atoms. The molecule has 0 spiro atoms. The average Bonchev–Trinajstić information content (AvgIpc) is 2.95. The van der Waals surface area contributed by atoms with Gasteiger partial charge >= 0.3 is 0 Å². The lowest BCUT2D eigenvalue weighted by Gasteiger charge is -2.21. The zero-order chi connectivity index (χ0) is 18.5. The van der Waals surface area contributed by atoms with Crippen LogP contribution < -0.4 is 0 Å². The van der Waals surface area contributed by atoms with E-state index in [2.05, 4.69) is 51.1 Å². The van der Waals surface area contributed by atoms with Gasteiger partial charge in [-0.15, -0.1) is 0 Å². The van der Waals surface area contributed by atoms with Gasteiger partial charge < -0.3 is 0 Å². The molecule has 0 N–H and O–H groups in total. The van der Waals surface area contributed by atoms with Crippen molar-refractivity contribution in [2.75, 3.05) is 0 Å². The zero-order valence-corrected chi connectivity index (χ0v) is 15.7. The first-order valence-corrected chi connectivity index (χ1v) is 9.02. The summed E-state index contributed by atoms with van der Waals surface area (Å²) in [5.74, 6) is 0.0388. The number of benzene rings is 3. The molecule has 130 valence electrons. The van der Waals surface area contributed by atoms with Crippen LogP contribution in [0.3, 0.4) is 0 Å². The lowest BCUT2D eigenvalue weighted by molar-refractivity contribution is 0.0946. The van der Waals surface area contributed by atoms with Crippen molar-refractivity contribution in [2.45, 2.75) is 33.1 Å². The Morgan fingerprint density at radius 1 is 0.846 bits per heavy atom. The highest BCUT2D eigenvalue weighted by molar-refractivity contribution is 6.17. The molecule has 0 amide bonds. The second-order valence-electron chi connectivity index (χ2n) is 7.91. The molecule has 0 fully saturated rings. The molecule has 0 atom stereocenters. The smallest absolute Gasteiger partial charge is 0.228 e. The number of aromatic nitrogens is 1. The number of hydrogen-bond donors (Lipinski definition) is 0. The summed E-state index contributed by atoms with van der Waals surface area (Å²) in [6.45, 7) is 8.33. The molecule has 1 heterocycles. The molecule has 0 bridgehead atoms. The molecule has 0 aliphatic heterocycles. The van der Waals surface area contributed by atoms with E-state index in [1.807, 2.05) is 41.0 Å². The van der Waals surface area contributed by atoms with Crippen molar-refractivity contribution in [3.8, 4) is 11.1 Å². The van der Waals surface area contributed by atoms with Gasteiger partial charge in [-0.05, 0) is 34.7 Å². The molecule has 0 aliphatic carbocycles. The molecule has 2 nitrogen and oxygen atoms in total. The Kier molecular flexibility index (Phi) is 3.73. The molecule has 0 aliphatic rings. The number of para-hydroxylation sites is 1. The van der Waals surface area contributed by atoms with E-state index in [1.54, 1.807) is 6.92 Å². The van der Waals surface area contributed by atoms with E-state index >= 15 is 0 Å². The monoisotopic (exact) mass is 341 g/mol. The Bertz CT molecular complexity index is 1130. The number of rotatable bonds is 1. The largest absolute Gasteiger partial charge is 0.279 e. The van der Waals surface area contributed by atoms with Crippen molar-refractivity contribution in [3.63, 3.8) is 0 Å². The van der Waals surface area contributed by atoms with Crippen molar-refractivity contribution >= 4 is 27.7 Å². The van der Waals surface area contributed by atoms with Gasteiger partial charge in [0.15, 0.2) is 0 Å². The molecular formula is C24H23NO. The van der Waals surface area contributed by atoms with Crippen LogP contribution in [0, 0.1) is 0 Å². The molecule has 2 heteroatoms. The molecule has 0 saturated heterocycles. The SMILES string of the molecule is CC(=O)n1c2ccccc2c2cc(C(C)(C)C)cc(-c3ccccc3)c21. The van der Waals surface area contributed by atoms with Crippen molar-refractivity contribution in [1.82, 2.24) is 4.57 Å². The Hall–Kier alpha value is -2.87. The Balaban J connectivity index is 2.26. The Morgan fingerprint density at radius 2 is 1.50 bits per heavy atom. The molecule has 4 aromatic rings. The van der Waals surface area contributed by atoms with Crippen LogP contribution in [-0.2, 0) is 5.41 Å². The fourth-order valence-electron chi connectivity index (χ4n) is 3.70. The molecule has 4 rings (SSSR count). The zero-order valence-electron chi connectivity index (χ0n) is 15.7. The van der Waals surface area contributed by atoms with Crippen LogP contribution in [0.2, 0.25) is 0 Å². The Morgan fingerprint density at radius 3 is 2.15 bits per heavy atom. The topological polar surface area (TPSA) is 22.0 Å². The minimum atomic E-state index is 0.0249. The van der Waals surface area contributed by atoms with Crippen molar-refractivity contribution in [3.05, 3.63) is 72.3 Å². The third-order valence-electron chi connectivity index (χ3n) is 5.03. The second-order valence-corrected chi connectivity index (χ2v) is 7.91. The molecule has 0 radical (unpaired) electrons. The molecule has 0 unspecified atom stereocenters. The van der Waals surface area contributed by atoms with E-state index in [1.165, 1.54) is 5.56 Å². The molecule has 0 saturated carbocycles. The van der Waals surface area contributed by atoms with Gasteiger partial charge in [-0.2, -0.15) is 0 Å². The number of fused-ring (bicyclic) bond motifs is 3. The summed E-state index contributed by atoms with van der Waals surface area (Å²) in [6, 6.07) is 23.0. The summed E-state index contributed by atoms with van der Waals surface area (Å²) >= 11 is 0. The van der Waals surface area contributed by atoms with Gasteiger partial charge in [-0.25, -0.2) is 0 Å². The van der Waals surface area contributed by atoms with Gasteiger partial charge in [-0.3, -0.25) is 9.36 Å². The van der Waals surface area contributed by atoms with Crippen molar-refractivity contribution in [1.29, 1.82) is 0 Å². The first-order valence-electron chi connectivity index (χ1n) is 9.02. The quantitative estimate of drug-likeness (QED) is 0.391. The second kappa shape index (κ2) is 5.84. The summed E-state index contributed by atoms with van der Waals surface area (Å²) < 4.78 is 1.86. The average molecular weight is 341 g/mol. The van der Waals surface area contributed by atoms with Crippen LogP contribution in [0.1, 0.15) is 38.1 Å². The summed E-state index contributed by atoms with van der Waals surface area (Å²) in [4.78, 5) is 12.6. The van der Waals surface area contributed by atoms with Gasteiger partial charge in [0.05, 0.1) is 11.0 Å². The van der Waals surface area contributed by atoms with E-state index in [9.17, 15) is 4.79 Å². The number of nitrogens with zero attached hydrogens (tertiary/aromatic N) is 1. The fourth-order valence-corrected chi connectivity index (χ4v) is 3.70. The lowest BCUT2D eigenvalue weighted by atomic mass is 9.84. The lowest BCUT2D eigenvalue weighted by Crippen LogP contribution is -2.12. The number of hydrogen-bond acceptors (Lipinski definition) is 1. The first kappa shape index (κ1) is 16.6. The highest BCUT2D eigenvalue weighted by Gasteiger charge is 2.22. The third kappa shape index (κ3) is 2.53. The normalized spacial score (nSPS) is 12.0. The third-order valence-corrected chi connectivity index (χ3v) is 5.03. The predicted molar refractivity (Wildman–Crippen MR) is 110 cm³/mol. The Labute approximate surface area is 154 Å². The van der Waals surface area contributed by atoms with Crippen LogP contribution in [-0.4, -0.2) is 10.5 Å². The van der Waals surface area contributed by atoms with E-state index in [4.69, 9.17) is 0 Å². The number of carbonyl (C=O) groups excluding carboxylic acids is 1. The number of carbonyl (C=O) groups is 1. The van der Waals surface area contributed by atoms with Gasteiger partial charge in [0.2, 0.25) is 5.91 Å². The maximum Gasteiger partial charge on any atom is 0.228 e. The highest BCUT2D eigenvalue weighted by Crippen LogP contribution is 2.39. The van der Waals surface area contributed by atoms with E-state index in [-0.39, 0.29) is 11.3 Å². The van der Waals surface area contributed by atoms with Gasteiger partial charge in [-0.1, -0.05) is 69.3 Å². The maximum absolute atomic E-state index is 12.6. The van der Waals surface area contributed by atoms with Crippen LogP contribution >= 0.6 is 0 Å². The molecule has 3 aromatic carbocycles. The van der Waals surface area contributed by atoms with Crippen LogP contribution in [0.25, 0.3) is 32.9 Å². The maximum atomic E-state index is 12.6. The van der Waals surface area contributed by atoms with Crippen LogP contribution in [0.5, 0.6) is 0 Å². The van der Waals surface area contributed by atoms with E-state index in [0.29, 0.717) is 0 Å². The van der Waals surface area contributed by atoms with Crippen LogP contribution in [0.4, 0.5) is 0 Å². The summed E-state index contributed by atoms with van der Waals surface area (Å²) in [6.07, 6.45) is 0. The van der Waals surface area contributed by atoms with Gasteiger partial charge in [0, 0.05) is 23.3 Å². The van der Waals surface area contributed by atoms with Crippen LogP contribution in [0.15, 0.2) is 66.7 Å². The predicted octanol–water partition coefficient (Wildman–Crippen LogP) is 6.42. The van der Waals surface area contributed by atoms with Gasteiger partial charge in [0.25, 0.3) is 0 Å². The van der Waals surface area contributed by atoms with Crippen molar-refractivity contribution in [2.24, 2.45) is 0 Å². The molecule has 1 aromatic heterocycles. The van der Waals surface area contributed by atoms with Gasteiger partial charge in [0.1, 0.15) is 0 Å². The highest BCUT2D eigenvalue weighted by atomic mass is 16.1. The minimum Gasteiger partial charge on any atom is -0.279 e. The summed E-state index contributed by atoms with van der Waals surface area (Å²) in [5.41, 5.74) is 5.51. The van der Waals surface area contributed by atoms with Crippen molar-refractivity contribution < 1.29 is 4.79 Å². The van der Waals surface area contributed by atoms with E-state index < -0.39 is 0 Å². The standard InChI is InChI=1S/C24H23NO/c1-16(26)25-22-13-9-8-12-19(22)21-15-18(24(2,3)4)14-20(23(21)25)17-10-6-5-7-11-17/h5-15H,1-4H3.